The molecule has 2 heterocycles. The van der Waals surface area contributed by atoms with E-state index in [1.54, 1.807) is 11.8 Å². The van der Waals surface area contributed by atoms with Gasteiger partial charge in [0.25, 0.3) is 0 Å². The van der Waals surface area contributed by atoms with Crippen LogP contribution in [-0.4, -0.2) is 23.4 Å². The molecule has 82 valence electrons. The zero-order valence-electron chi connectivity index (χ0n) is 8.69. The number of nitrogens with two attached hydrogens (primary N) is 1. The predicted molar refractivity (Wildman–Crippen MR) is 61.8 cm³/mol. The Balaban J connectivity index is 1.91. The van der Waals surface area contributed by atoms with E-state index in [9.17, 15) is 0 Å². The highest BCUT2D eigenvalue weighted by Gasteiger charge is 2.16. The highest BCUT2D eigenvalue weighted by atomic mass is 32.2. The first kappa shape index (κ1) is 10.9. The summed E-state index contributed by atoms with van der Waals surface area (Å²) in [6.07, 6.45) is 4.59. The highest BCUT2D eigenvalue weighted by molar-refractivity contribution is 7.99. The molecular formula is C11H16N2OS. The van der Waals surface area contributed by atoms with Crippen molar-refractivity contribution in [3.05, 3.63) is 23.9 Å². The second kappa shape index (κ2) is 5.49. The van der Waals surface area contributed by atoms with Crippen molar-refractivity contribution in [2.24, 2.45) is 5.73 Å². The molecule has 1 saturated heterocycles. The van der Waals surface area contributed by atoms with E-state index in [4.69, 9.17) is 10.5 Å². The van der Waals surface area contributed by atoms with Gasteiger partial charge in [-0.15, -0.1) is 11.8 Å². The van der Waals surface area contributed by atoms with E-state index < -0.39 is 0 Å². The van der Waals surface area contributed by atoms with E-state index in [0.717, 1.165) is 22.9 Å². The average Bonchev–Trinajstić information content (AvgIpc) is 2.79. The Morgan fingerprint density at radius 2 is 2.53 bits per heavy atom. The first-order valence-electron chi connectivity index (χ1n) is 5.28. The van der Waals surface area contributed by atoms with E-state index in [-0.39, 0.29) is 0 Å². The van der Waals surface area contributed by atoms with Gasteiger partial charge in [0.05, 0.1) is 6.10 Å². The average molecular weight is 224 g/mol. The molecule has 0 radical (unpaired) electrons. The monoisotopic (exact) mass is 224 g/mol. The minimum Gasteiger partial charge on any atom is -0.377 e. The van der Waals surface area contributed by atoms with Crippen LogP contribution in [0.3, 0.4) is 0 Å². The van der Waals surface area contributed by atoms with E-state index in [2.05, 4.69) is 4.98 Å². The third-order valence-corrected chi connectivity index (χ3v) is 3.68. The molecule has 3 nitrogen and oxygen atoms in total. The molecule has 4 heteroatoms. The summed E-state index contributed by atoms with van der Waals surface area (Å²) in [5, 5.41) is 1.05. The summed E-state index contributed by atoms with van der Waals surface area (Å²) in [5.74, 6) is 0.990. The van der Waals surface area contributed by atoms with Crippen LogP contribution in [-0.2, 0) is 11.3 Å². The fourth-order valence-electron chi connectivity index (χ4n) is 1.66. The maximum absolute atomic E-state index is 5.65. The Bertz CT molecular complexity index is 313. The zero-order chi connectivity index (χ0) is 10.5. The molecule has 1 aliphatic rings. The van der Waals surface area contributed by atoms with Gasteiger partial charge in [0.1, 0.15) is 5.03 Å². The van der Waals surface area contributed by atoms with Gasteiger partial charge in [0.15, 0.2) is 0 Å². The molecule has 0 spiro atoms. The summed E-state index contributed by atoms with van der Waals surface area (Å²) in [5.41, 5.74) is 6.78. The molecule has 1 fully saturated rings. The third-order valence-electron chi connectivity index (χ3n) is 2.50. The van der Waals surface area contributed by atoms with Crippen LogP contribution < -0.4 is 5.73 Å². The van der Waals surface area contributed by atoms with Gasteiger partial charge < -0.3 is 10.5 Å². The number of hydrogen-bond donors (Lipinski definition) is 1. The Labute approximate surface area is 94.4 Å². The maximum Gasteiger partial charge on any atom is 0.101 e. The van der Waals surface area contributed by atoms with Crippen molar-refractivity contribution in [2.75, 3.05) is 12.4 Å². The number of rotatable bonds is 4. The van der Waals surface area contributed by atoms with Gasteiger partial charge in [0.2, 0.25) is 0 Å². The first-order valence-corrected chi connectivity index (χ1v) is 6.27. The summed E-state index contributed by atoms with van der Waals surface area (Å²) in [4.78, 5) is 4.34. The van der Waals surface area contributed by atoms with Gasteiger partial charge in [-0.2, -0.15) is 0 Å². The summed E-state index contributed by atoms with van der Waals surface area (Å²) in [6.45, 7) is 1.47. The van der Waals surface area contributed by atoms with Crippen LogP contribution in [0.1, 0.15) is 18.4 Å². The van der Waals surface area contributed by atoms with Crippen LogP contribution in [0.4, 0.5) is 0 Å². The molecule has 2 N–H and O–H groups in total. The molecular weight excluding hydrogens is 208 g/mol. The largest absolute Gasteiger partial charge is 0.377 e. The predicted octanol–water partition coefficient (Wildman–Crippen LogP) is 1.81. The highest BCUT2D eigenvalue weighted by Crippen LogP contribution is 2.24. The number of aromatic nitrogens is 1. The van der Waals surface area contributed by atoms with Gasteiger partial charge in [-0.05, 0) is 24.5 Å². The molecule has 1 aromatic heterocycles. The first-order chi connectivity index (χ1) is 7.40. The topological polar surface area (TPSA) is 48.1 Å². The minimum atomic E-state index is 0.405. The van der Waals surface area contributed by atoms with E-state index in [1.165, 1.54) is 12.8 Å². The van der Waals surface area contributed by atoms with E-state index in [1.807, 2.05) is 18.3 Å². The van der Waals surface area contributed by atoms with E-state index >= 15 is 0 Å². The molecule has 0 aromatic carbocycles. The summed E-state index contributed by atoms with van der Waals surface area (Å²) in [7, 11) is 0. The lowest BCUT2D eigenvalue weighted by molar-refractivity contribution is 0.129. The van der Waals surface area contributed by atoms with Crippen molar-refractivity contribution >= 4 is 11.8 Å². The normalized spacial score (nSPS) is 20.7. The number of thioether (sulfide) groups is 1. The van der Waals surface area contributed by atoms with Gasteiger partial charge in [-0.25, -0.2) is 4.98 Å². The van der Waals surface area contributed by atoms with Crippen LogP contribution >= 0.6 is 11.8 Å². The van der Waals surface area contributed by atoms with Gasteiger partial charge in [-0.3, -0.25) is 0 Å². The maximum atomic E-state index is 5.65. The van der Waals surface area contributed by atoms with Crippen LogP contribution in [0.15, 0.2) is 23.4 Å². The third kappa shape index (κ3) is 2.93. The smallest absolute Gasteiger partial charge is 0.101 e. The van der Waals surface area contributed by atoms with Gasteiger partial charge in [0, 0.05) is 25.1 Å². The molecule has 0 aliphatic carbocycles. The van der Waals surface area contributed by atoms with E-state index in [0.29, 0.717) is 12.6 Å². The summed E-state index contributed by atoms with van der Waals surface area (Å²) >= 11 is 1.75. The SMILES string of the molecule is NCc1cccnc1SCC1CCCO1. The number of nitrogens with zero attached hydrogens (tertiary/aromatic N) is 1. The van der Waals surface area contributed by atoms with Crippen molar-refractivity contribution in [1.82, 2.24) is 4.98 Å². The zero-order valence-corrected chi connectivity index (χ0v) is 9.50. The lowest BCUT2D eigenvalue weighted by Gasteiger charge is -2.10. The molecule has 1 aromatic rings. The van der Waals surface area contributed by atoms with Crippen molar-refractivity contribution in [3.63, 3.8) is 0 Å². The van der Waals surface area contributed by atoms with Crippen molar-refractivity contribution in [2.45, 2.75) is 30.5 Å². The number of pyridine rings is 1. The second-order valence-electron chi connectivity index (χ2n) is 3.62. The minimum absolute atomic E-state index is 0.405. The molecule has 15 heavy (non-hydrogen) atoms. The van der Waals surface area contributed by atoms with Crippen LogP contribution in [0.2, 0.25) is 0 Å². The van der Waals surface area contributed by atoms with Crippen molar-refractivity contribution in [3.8, 4) is 0 Å². The Morgan fingerprint density at radius 3 is 3.27 bits per heavy atom. The molecule has 0 saturated carbocycles. The number of hydrogen-bond acceptors (Lipinski definition) is 4. The lowest BCUT2D eigenvalue weighted by atomic mass is 10.3. The summed E-state index contributed by atoms with van der Waals surface area (Å²) in [6, 6.07) is 3.96. The number of ether oxygens (including phenoxy) is 1. The molecule has 1 atom stereocenters. The van der Waals surface area contributed by atoms with Gasteiger partial charge >= 0.3 is 0 Å². The Morgan fingerprint density at radius 1 is 1.60 bits per heavy atom. The molecule has 2 rings (SSSR count). The standard InChI is InChI=1S/C11H16N2OS/c12-7-9-3-1-5-13-11(9)15-8-10-4-2-6-14-10/h1,3,5,10H,2,4,6-8,12H2. The van der Waals surface area contributed by atoms with Crippen LogP contribution in [0.25, 0.3) is 0 Å². The summed E-state index contributed by atoms with van der Waals surface area (Å²) < 4.78 is 5.57. The lowest BCUT2D eigenvalue weighted by Crippen LogP contribution is -2.09. The molecule has 0 amide bonds. The molecule has 1 aliphatic heterocycles. The van der Waals surface area contributed by atoms with Crippen LogP contribution in [0.5, 0.6) is 0 Å². The fourth-order valence-corrected chi connectivity index (χ4v) is 2.74. The Hall–Kier alpha value is -0.580. The second-order valence-corrected chi connectivity index (χ2v) is 4.63. The van der Waals surface area contributed by atoms with Crippen molar-refractivity contribution < 1.29 is 4.74 Å². The Kier molecular flexibility index (Phi) is 4.00. The van der Waals surface area contributed by atoms with Gasteiger partial charge in [-0.1, -0.05) is 6.07 Å². The molecule has 1 unspecified atom stereocenters. The van der Waals surface area contributed by atoms with Crippen LogP contribution in [0, 0.1) is 0 Å². The quantitative estimate of drug-likeness (QED) is 0.792. The fraction of sp³-hybridized carbons (Fsp3) is 0.545. The molecule has 0 bridgehead atoms. The van der Waals surface area contributed by atoms with Crippen molar-refractivity contribution in [1.29, 1.82) is 0 Å².